The van der Waals surface area contributed by atoms with Crippen LogP contribution in [0.4, 0.5) is 5.95 Å². The van der Waals surface area contributed by atoms with Gasteiger partial charge in [0.05, 0.1) is 17.9 Å². The van der Waals surface area contributed by atoms with Crippen LogP contribution in [0.5, 0.6) is 0 Å². The van der Waals surface area contributed by atoms with Crippen molar-refractivity contribution in [1.82, 2.24) is 15.3 Å². The van der Waals surface area contributed by atoms with Crippen molar-refractivity contribution in [3.8, 4) is 0 Å². The number of rotatable bonds is 6. The van der Waals surface area contributed by atoms with Crippen molar-refractivity contribution in [2.45, 2.75) is 20.3 Å². The van der Waals surface area contributed by atoms with E-state index in [1.165, 1.54) is 6.20 Å². The summed E-state index contributed by atoms with van der Waals surface area (Å²) in [6.45, 7) is 4.18. The van der Waals surface area contributed by atoms with Crippen LogP contribution >= 0.6 is 0 Å². The van der Waals surface area contributed by atoms with Gasteiger partial charge in [0.25, 0.3) is 0 Å². The fourth-order valence-corrected chi connectivity index (χ4v) is 1.37. The van der Waals surface area contributed by atoms with Gasteiger partial charge in [-0.1, -0.05) is 0 Å². The minimum absolute atomic E-state index is 0.0626. The molecule has 0 aliphatic carbocycles. The van der Waals surface area contributed by atoms with Crippen molar-refractivity contribution < 1.29 is 14.3 Å². The summed E-state index contributed by atoms with van der Waals surface area (Å²) >= 11 is 0. The van der Waals surface area contributed by atoms with E-state index in [1.807, 2.05) is 0 Å². The van der Waals surface area contributed by atoms with Crippen LogP contribution in [-0.4, -0.2) is 42.0 Å². The molecular weight excluding hydrogens is 248 g/mol. The van der Waals surface area contributed by atoms with Gasteiger partial charge in [-0.05, 0) is 13.8 Å². The maximum absolute atomic E-state index is 11.5. The Morgan fingerprint density at radius 2 is 2.16 bits per heavy atom. The number of nitrogens with zero attached hydrogens (tertiary/aromatic N) is 2. The molecule has 7 heteroatoms. The largest absolute Gasteiger partial charge is 0.462 e. The first-order chi connectivity index (χ1) is 9.08. The molecule has 0 atom stereocenters. The highest BCUT2D eigenvalue weighted by atomic mass is 16.5. The molecule has 0 radical (unpaired) electrons. The number of ether oxygens (including phenoxy) is 1. The van der Waals surface area contributed by atoms with Crippen LogP contribution in [0.2, 0.25) is 0 Å². The summed E-state index contributed by atoms with van der Waals surface area (Å²) in [7, 11) is 1.58. The van der Waals surface area contributed by atoms with Crippen molar-refractivity contribution in [1.29, 1.82) is 0 Å². The van der Waals surface area contributed by atoms with Gasteiger partial charge >= 0.3 is 5.97 Å². The zero-order chi connectivity index (χ0) is 14.3. The third-order valence-electron chi connectivity index (χ3n) is 2.39. The van der Waals surface area contributed by atoms with E-state index in [0.717, 1.165) is 0 Å². The molecule has 0 spiro atoms. The summed E-state index contributed by atoms with van der Waals surface area (Å²) in [6, 6.07) is 0. The summed E-state index contributed by atoms with van der Waals surface area (Å²) in [5, 5.41) is 5.43. The van der Waals surface area contributed by atoms with Crippen LogP contribution in [0, 0.1) is 6.92 Å². The minimum atomic E-state index is -0.433. The monoisotopic (exact) mass is 266 g/mol. The molecule has 2 N–H and O–H groups in total. The van der Waals surface area contributed by atoms with E-state index in [2.05, 4.69) is 20.6 Å². The number of nitrogens with one attached hydrogen (secondary N) is 2. The van der Waals surface area contributed by atoms with Crippen molar-refractivity contribution in [2.75, 3.05) is 25.5 Å². The fraction of sp³-hybridized carbons (Fsp3) is 0.500. The summed E-state index contributed by atoms with van der Waals surface area (Å²) in [5.74, 6) is -0.112. The number of aromatic nitrogens is 2. The van der Waals surface area contributed by atoms with Crippen LogP contribution in [0.3, 0.4) is 0 Å². The number of hydrogen-bond donors (Lipinski definition) is 2. The lowest BCUT2D eigenvalue weighted by atomic mass is 10.2. The maximum atomic E-state index is 11.5. The first kappa shape index (κ1) is 14.9. The lowest BCUT2D eigenvalue weighted by molar-refractivity contribution is -0.120. The van der Waals surface area contributed by atoms with Gasteiger partial charge in [0.15, 0.2) is 0 Å². The average molecular weight is 266 g/mol. The van der Waals surface area contributed by atoms with Gasteiger partial charge in [-0.15, -0.1) is 0 Å². The Kier molecular flexibility index (Phi) is 5.72. The molecule has 0 saturated heterocycles. The quantitative estimate of drug-likeness (QED) is 0.729. The number of aryl methyl sites for hydroxylation is 1. The smallest absolute Gasteiger partial charge is 0.341 e. The molecular formula is C12H18N4O3. The number of anilines is 1. The average Bonchev–Trinajstić information content (AvgIpc) is 2.38. The van der Waals surface area contributed by atoms with Gasteiger partial charge < -0.3 is 15.4 Å². The first-order valence-corrected chi connectivity index (χ1v) is 6.03. The number of hydrogen-bond acceptors (Lipinski definition) is 6. The van der Waals surface area contributed by atoms with Crippen molar-refractivity contribution >= 4 is 17.8 Å². The molecule has 1 aromatic heterocycles. The molecule has 1 aromatic rings. The van der Waals surface area contributed by atoms with Gasteiger partial charge in [-0.3, -0.25) is 4.79 Å². The third-order valence-corrected chi connectivity index (χ3v) is 2.39. The molecule has 1 amide bonds. The number of carbonyl (C=O) groups excluding carboxylic acids is 2. The second-order valence-corrected chi connectivity index (χ2v) is 3.76. The van der Waals surface area contributed by atoms with Crippen LogP contribution in [0.15, 0.2) is 6.20 Å². The molecule has 0 aliphatic heterocycles. The molecule has 0 unspecified atom stereocenters. The van der Waals surface area contributed by atoms with Crippen LogP contribution in [0.25, 0.3) is 0 Å². The minimum Gasteiger partial charge on any atom is -0.462 e. The predicted molar refractivity (Wildman–Crippen MR) is 69.9 cm³/mol. The summed E-state index contributed by atoms with van der Waals surface area (Å²) in [6.07, 6.45) is 1.75. The molecule has 1 heterocycles. The fourth-order valence-electron chi connectivity index (χ4n) is 1.37. The van der Waals surface area contributed by atoms with E-state index in [9.17, 15) is 9.59 Å². The SMILES string of the molecule is CCOC(=O)c1cnc(NCCC(=O)NC)nc1C. The summed E-state index contributed by atoms with van der Waals surface area (Å²) < 4.78 is 4.88. The maximum Gasteiger partial charge on any atom is 0.341 e. The second kappa shape index (κ2) is 7.30. The molecule has 7 nitrogen and oxygen atoms in total. The Labute approximate surface area is 111 Å². The Balaban J connectivity index is 2.61. The molecule has 0 aliphatic rings. The number of esters is 1. The molecule has 0 saturated carbocycles. The van der Waals surface area contributed by atoms with Gasteiger partial charge in [-0.2, -0.15) is 0 Å². The lowest BCUT2D eigenvalue weighted by Gasteiger charge is -2.07. The highest BCUT2D eigenvalue weighted by Crippen LogP contribution is 2.08. The Morgan fingerprint density at radius 3 is 2.74 bits per heavy atom. The third kappa shape index (κ3) is 4.53. The Bertz CT molecular complexity index is 462. The van der Waals surface area contributed by atoms with Crippen molar-refractivity contribution in [3.63, 3.8) is 0 Å². The molecule has 0 aromatic carbocycles. The highest BCUT2D eigenvalue weighted by Gasteiger charge is 2.12. The normalized spacial score (nSPS) is 9.84. The van der Waals surface area contributed by atoms with E-state index >= 15 is 0 Å². The van der Waals surface area contributed by atoms with E-state index < -0.39 is 5.97 Å². The van der Waals surface area contributed by atoms with Crippen molar-refractivity contribution in [3.05, 3.63) is 17.5 Å². The molecule has 1 rings (SSSR count). The number of carbonyl (C=O) groups is 2. The Morgan fingerprint density at radius 1 is 1.42 bits per heavy atom. The molecule has 0 fully saturated rings. The zero-order valence-electron chi connectivity index (χ0n) is 11.3. The van der Waals surface area contributed by atoms with E-state index in [-0.39, 0.29) is 5.91 Å². The molecule has 0 bridgehead atoms. The van der Waals surface area contributed by atoms with Crippen molar-refractivity contribution in [2.24, 2.45) is 0 Å². The standard InChI is InChI=1S/C12H18N4O3/c1-4-19-11(18)9-7-15-12(16-8(9)2)14-6-5-10(17)13-3/h7H,4-6H2,1-3H3,(H,13,17)(H,14,15,16). The predicted octanol–water partition coefficient (Wildman–Crippen LogP) is 0.510. The summed E-state index contributed by atoms with van der Waals surface area (Å²) in [5.41, 5.74) is 0.884. The van der Waals surface area contributed by atoms with Gasteiger partial charge in [0.1, 0.15) is 0 Å². The van der Waals surface area contributed by atoms with Crippen LogP contribution in [0.1, 0.15) is 29.4 Å². The van der Waals surface area contributed by atoms with E-state index in [0.29, 0.717) is 36.8 Å². The summed E-state index contributed by atoms with van der Waals surface area (Å²) in [4.78, 5) is 30.7. The van der Waals surface area contributed by atoms with Crippen LogP contribution < -0.4 is 10.6 Å². The van der Waals surface area contributed by atoms with Gasteiger partial charge in [-0.25, -0.2) is 14.8 Å². The second-order valence-electron chi connectivity index (χ2n) is 3.76. The Hall–Kier alpha value is -2.18. The van der Waals surface area contributed by atoms with Gasteiger partial charge in [0.2, 0.25) is 11.9 Å². The zero-order valence-corrected chi connectivity index (χ0v) is 11.3. The first-order valence-electron chi connectivity index (χ1n) is 6.03. The molecule has 104 valence electrons. The molecule has 19 heavy (non-hydrogen) atoms. The van der Waals surface area contributed by atoms with E-state index in [4.69, 9.17) is 4.74 Å². The van der Waals surface area contributed by atoms with Gasteiger partial charge in [0, 0.05) is 26.2 Å². The van der Waals surface area contributed by atoms with E-state index in [1.54, 1.807) is 20.9 Å². The topological polar surface area (TPSA) is 93.2 Å². The van der Waals surface area contributed by atoms with Crippen LogP contribution in [-0.2, 0) is 9.53 Å². The lowest BCUT2D eigenvalue weighted by Crippen LogP contribution is -2.21. The number of amides is 1. The highest BCUT2D eigenvalue weighted by molar-refractivity contribution is 5.90.